The number of nitrogens with one attached hydrogen (secondary N) is 1. The van der Waals surface area contributed by atoms with Gasteiger partial charge in [-0.05, 0) is 29.7 Å². The molecule has 0 atom stereocenters. The number of nitrogens with two attached hydrogens (primary N) is 1. The Hall–Kier alpha value is -3.41. The van der Waals surface area contributed by atoms with Crippen LogP contribution in [-0.2, 0) is 11.3 Å². The fourth-order valence-electron chi connectivity index (χ4n) is 2.51. The smallest absolute Gasteiger partial charge is 0.258 e. The Balaban J connectivity index is 1.85. The van der Waals surface area contributed by atoms with Crippen LogP contribution in [0.2, 0.25) is 0 Å². The first-order valence-electron chi connectivity index (χ1n) is 7.33. The van der Waals surface area contributed by atoms with Gasteiger partial charge in [0, 0.05) is 11.6 Å². The van der Waals surface area contributed by atoms with Crippen LogP contribution in [0.1, 0.15) is 10.4 Å². The van der Waals surface area contributed by atoms with Gasteiger partial charge >= 0.3 is 0 Å². The molecule has 3 aromatic rings. The van der Waals surface area contributed by atoms with E-state index >= 15 is 0 Å². The molecule has 120 valence electrons. The van der Waals surface area contributed by atoms with Gasteiger partial charge in [-0.25, -0.2) is 0 Å². The summed E-state index contributed by atoms with van der Waals surface area (Å²) < 4.78 is 1.32. The second-order valence-electron chi connectivity index (χ2n) is 5.29. The lowest BCUT2D eigenvalue weighted by atomic mass is 10.1. The predicted molar refractivity (Wildman–Crippen MR) is 91.8 cm³/mol. The maximum Gasteiger partial charge on any atom is 0.258 e. The van der Waals surface area contributed by atoms with Crippen molar-refractivity contribution in [2.75, 3.05) is 5.32 Å². The molecular weight excluding hydrogens is 306 g/mol. The van der Waals surface area contributed by atoms with E-state index in [0.717, 1.165) is 5.39 Å². The number of primary amides is 1. The standard InChI is InChI=1S/C18H15N3O3/c19-17(23)14-7-3-4-8-15(14)20-16(22)11-21-10-9-12-5-1-2-6-13(12)18(21)24/h1-10H,11H2,(H2,19,23)(H,20,22). The van der Waals surface area contributed by atoms with E-state index in [9.17, 15) is 14.4 Å². The van der Waals surface area contributed by atoms with Crippen LogP contribution in [-0.4, -0.2) is 16.4 Å². The Kier molecular flexibility index (Phi) is 4.11. The largest absolute Gasteiger partial charge is 0.366 e. The third kappa shape index (κ3) is 3.03. The third-order valence-corrected chi connectivity index (χ3v) is 3.67. The van der Waals surface area contributed by atoms with E-state index in [-0.39, 0.29) is 17.7 Å². The summed E-state index contributed by atoms with van der Waals surface area (Å²) in [5, 5.41) is 3.98. The molecule has 2 aromatic carbocycles. The molecule has 0 unspecified atom stereocenters. The molecule has 1 heterocycles. The van der Waals surface area contributed by atoms with Crippen LogP contribution in [0.25, 0.3) is 10.8 Å². The molecule has 1 aromatic heterocycles. The number of amides is 2. The summed E-state index contributed by atoms with van der Waals surface area (Å²) in [6, 6.07) is 15.4. The quantitative estimate of drug-likeness (QED) is 0.766. The molecule has 0 fully saturated rings. The predicted octanol–water partition coefficient (Wildman–Crippen LogP) is 1.74. The maximum atomic E-state index is 12.4. The van der Waals surface area contributed by atoms with Crippen molar-refractivity contribution in [2.45, 2.75) is 6.54 Å². The fourth-order valence-corrected chi connectivity index (χ4v) is 2.51. The zero-order valence-corrected chi connectivity index (χ0v) is 12.7. The van der Waals surface area contributed by atoms with Crippen LogP contribution in [0.3, 0.4) is 0 Å². The number of hydrogen-bond acceptors (Lipinski definition) is 3. The topological polar surface area (TPSA) is 94.2 Å². The lowest BCUT2D eigenvalue weighted by Gasteiger charge is -2.10. The Bertz CT molecular complexity index is 992. The molecule has 0 bridgehead atoms. The number of para-hydroxylation sites is 1. The highest BCUT2D eigenvalue weighted by atomic mass is 16.2. The van der Waals surface area contributed by atoms with Crippen molar-refractivity contribution >= 4 is 28.3 Å². The molecule has 6 nitrogen and oxygen atoms in total. The molecule has 0 spiro atoms. The lowest BCUT2D eigenvalue weighted by Crippen LogP contribution is -2.28. The van der Waals surface area contributed by atoms with Gasteiger partial charge in [-0.3, -0.25) is 14.4 Å². The van der Waals surface area contributed by atoms with Gasteiger partial charge in [-0.15, -0.1) is 0 Å². The number of nitrogens with zero attached hydrogens (tertiary/aromatic N) is 1. The zero-order chi connectivity index (χ0) is 17.1. The van der Waals surface area contributed by atoms with Gasteiger partial charge in [0.1, 0.15) is 6.54 Å². The Morgan fingerprint density at radius 2 is 1.71 bits per heavy atom. The summed E-state index contributed by atoms with van der Waals surface area (Å²) in [5.74, 6) is -1.05. The van der Waals surface area contributed by atoms with Crippen molar-refractivity contribution in [2.24, 2.45) is 5.73 Å². The highest BCUT2D eigenvalue weighted by Gasteiger charge is 2.11. The average molecular weight is 321 g/mol. The number of anilines is 1. The fraction of sp³-hybridized carbons (Fsp3) is 0.0556. The molecule has 0 radical (unpaired) electrons. The molecule has 0 saturated carbocycles. The van der Waals surface area contributed by atoms with E-state index in [0.29, 0.717) is 11.1 Å². The first kappa shape index (κ1) is 15.5. The first-order chi connectivity index (χ1) is 11.6. The minimum absolute atomic E-state index is 0.156. The van der Waals surface area contributed by atoms with E-state index in [1.165, 1.54) is 10.6 Å². The van der Waals surface area contributed by atoms with Crippen LogP contribution in [0.15, 0.2) is 65.6 Å². The van der Waals surface area contributed by atoms with Crippen LogP contribution in [0.4, 0.5) is 5.69 Å². The second-order valence-corrected chi connectivity index (χ2v) is 5.29. The highest BCUT2D eigenvalue weighted by Crippen LogP contribution is 2.14. The molecular formula is C18H15N3O3. The van der Waals surface area contributed by atoms with Crippen LogP contribution < -0.4 is 16.6 Å². The second kappa shape index (κ2) is 6.37. The SMILES string of the molecule is NC(=O)c1ccccc1NC(=O)Cn1ccc2ccccc2c1=O. The van der Waals surface area contributed by atoms with Gasteiger partial charge < -0.3 is 15.6 Å². The first-order valence-corrected chi connectivity index (χ1v) is 7.33. The van der Waals surface area contributed by atoms with E-state index in [2.05, 4.69) is 5.32 Å². The third-order valence-electron chi connectivity index (χ3n) is 3.67. The molecule has 0 saturated heterocycles. The van der Waals surface area contributed by atoms with Crippen molar-refractivity contribution < 1.29 is 9.59 Å². The van der Waals surface area contributed by atoms with Crippen molar-refractivity contribution in [3.8, 4) is 0 Å². The van der Waals surface area contributed by atoms with Crippen LogP contribution in [0.5, 0.6) is 0 Å². The molecule has 3 rings (SSSR count). The zero-order valence-electron chi connectivity index (χ0n) is 12.7. The van der Waals surface area contributed by atoms with Crippen LogP contribution in [0, 0.1) is 0 Å². The number of benzene rings is 2. The van der Waals surface area contributed by atoms with Crippen molar-refractivity contribution in [1.82, 2.24) is 4.57 Å². The minimum Gasteiger partial charge on any atom is -0.366 e. The van der Waals surface area contributed by atoms with E-state index in [1.54, 1.807) is 42.6 Å². The molecule has 3 N–H and O–H groups in total. The van der Waals surface area contributed by atoms with E-state index in [4.69, 9.17) is 5.73 Å². The maximum absolute atomic E-state index is 12.4. The average Bonchev–Trinajstić information content (AvgIpc) is 2.58. The summed E-state index contributed by atoms with van der Waals surface area (Å²) in [5.41, 5.74) is 5.58. The van der Waals surface area contributed by atoms with Gasteiger partial charge in [-0.1, -0.05) is 30.3 Å². The molecule has 0 aliphatic heterocycles. The summed E-state index contributed by atoms with van der Waals surface area (Å²) >= 11 is 0. The summed E-state index contributed by atoms with van der Waals surface area (Å²) in [6.45, 7) is -0.156. The van der Waals surface area contributed by atoms with Gasteiger partial charge in [0.2, 0.25) is 5.91 Å². The summed E-state index contributed by atoms with van der Waals surface area (Å²) in [6.07, 6.45) is 1.57. The lowest BCUT2D eigenvalue weighted by molar-refractivity contribution is -0.116. The summed E-state index contributed by atoms with van der Waals surface area (Å²) in [4.78, 5) is 36.0. The monoisotopic (exact) mass is 321 g/mol. The summed E-state index contributed by atoms with van der Waals surface area (Å²) in [7, 11) is 0. The number of rotatable bonds is 4. The number of carbonyl (C=O) groups excluding carboxylic acids is 2. The number of carbonyl (C=O) groups is 2. The van der Waals surface area contributed by atoms with Crippen molar-refractivity contribution in [1.29, 1.82) is 0 Å². The molecule has 24 heavy (non-hydrogen) atoms. The molecule has 0 aliphatic rings. The number of pyridine rings is 1. The molecule has 6 heteroatoms. The van der Waals surface area contributed by atoms with Gasteiger partial charge in [0.05, 0.1) is 11.3 Å². The normalized spacial score (nSPS) is 10.5. The van der Waals surface area contributed by atoms with Gasteiger partial charge in [-0.2, -0.15) is 0 Å². The Labute approximate surface area is 137 Å². The Morgan fingerprint density at radius 1 is 1.00 bits per heavy atom. The van der Waals surface area contributed by atoms with E-state index in [1.807, 2.05) is 12.1 Å². The molecule has 2 amide bonds. The van der Waals surface area contributed by atoms with Gasteiger partial charge in [0.15, 0.2) is 0 Å². The van der Waals surface area contributed by atoms with Crippen molar-refractivity contribution in [3.63, 3.8) is 0 Å². The Morgan fingerprint density at radius 3 is 2.50 bits per heavy atom. The molecule has 0 aliphatic carbocycles. The number of aromatic nitrogens is 1. The van der Waals surface area contributed by atoms with Gasteiger partial charge in [0.25, 0.3) is 11.5 Å². The highest BCUT2D eigenvalue weighted by molar-refractivity contribution is 6.02. The number of hydrogen-bond donors (Lipinski definition) is 2. The van der Waals surface area contributed by atoms with Crippen LogP contribution >= 0.6 is 0 Å². The van der Waals surface area contributed by atoms with Crippen molar-refractivity contribution in [3.05, 3.63) is 76.7 Å². The minimum atomic E-state index is -0.631. The van der Waals surface area contributed by atoms with E-state index < -0.39 is 11.8 Å². The number of fused-ring (bicyclic) bond motifs is 1.